The highest BCUT2D eigenvalue weighted by Crippen LogP contribution is 2.39. The highest BCUT2D eigenvalue weighted by atomic mass is 16.2. The van der Waals surface area contributed by atoms with Gasteiger partial charge in [-0.05, 0) is 37.0 Å². The zero-order valence-corrected chi connectivity index (χ0v) is 17.2. The lowest BCUT2D eigenvalue weighted by Gasteiger charge is -2.27. The molecule has 0 fully saturated rings. The Hall–Kier alpha value is -3.15. The molecule has 6 heteroatoms. The van der Waals surface area contributed by atoms with E-state index in [4.69, 9.17) is 0 Å². The maximum absolute atomic E-state index is 13.2. The van der Waals surface area contributed by atoms with Crippen LogP contribution in [-0.4, -0.2) is 23.8 Å². The van der Waals surface area contributed by atoms with Crippen molar-refractivity contribution in [1.29, 1.82) is 0 Å². The lowest BCUT2D eigenvalue weighted by atomic mass is 9.92. The van der Waals surface area contributed by atoms with Crippen molar-refractivity contribution in [3.8, 4) is 11.1 Å². The van der Waals surface area contributed by atoms with Crippen molar-refractivity contribution in [2.24, 2.45) is 5.92 Å². The van der Waals surface area contributed by atoms with Gasteiger partial charge in [-0.25, -0.2) is 5.01 Å². The number of fused-ring (bicyclic) bond motifs is 3. The van der Waals surface area contributed by atoms with Crippen molar-refractivity contribution in [3.05, 3.63) is 54.1 Å². The molecule has 2 N–H and O–H groups in total. The number of hydrogen-bond acceptors (Lipinski definition) is 3. The number of benzene rings is 2. The van der Waals surface area contributed by atoms with Gasteiger partial charge in [0.1, 0.15) is 6.04 Å². The molecule has 2 aromatic carbocycles. The Morgan fingerprint density at radius 1 is 1.00 bits per heavy atom. The van der Waals surface area contributed by atoms with Crippen LogP contribution >= 0.6 is 0 Å². The Balaban J connectivity index is 1.89. The van der Waals surface area contributed by atoms with E-state index in [1.54, 1.807) is 6.92 Å². The van der Waals surface area contributed by atoms with Gasteiger partial charge < -0.3 is 5.32 Å². The van der Waals surface area contributed by atoms with Gasteiger partial charge in [0.15, 0.2) is 0 Å². The molecule has 1 heterocycles. The topological polar surface area (TPSA) is 78.5 Å². The third kappa shape index (κ3) is 4.31. The summed E-state index contributed by atoms with van der Waals surface area (Å²) in [5.41, 5.74) is 6.09. The number of para-hydroxylation sites is 1. The zero-order chi connectivity index (χ0) is 21.1. The predicted molar refractivity (Wildman–Crippen MR) is 113 cm³/mol. The lowest BCUT2D eigenvalue weighted by molar-refractivity contribution is -0.130. The molecule has 0 radical (unpaired) electrons. The van der Waals surface area contributed by atoms with Crippen molar-refractivity contribution >= 4 is 23.4 Å². The minimum Gasteiger partial charge on any atom is -0.345 e. The Morgan fingerprint density at radius 2 is 1.62 bits per heavy atom. The van der Waals surface area contributed by atoms with Crippen LogP contribution in [0.1, 0.15) is 45.6 Å². The summed E-state index contributed by atoms with van der Waals surface area (Å²) in [5.74, 6) is -1.08. The van der Waals surface area contributed by atoms with E-state index >= 15 is 0 Å². The first kappa shape index (κ1) is 20.6. The first-order chi connectivity index (χ1) is 13.8. The summed E-state index contributed by atoms with van der Waals surface area (Å²) in [5, 5.41) is 4.01. The van der Waals surface area contributed by atoms with Gasteiger partial charge in [0, 0.05) is 12.0 Å². The van der Waals surface area contributed by atoms with Gasteiger partial charge in [-0.2, -0.15) is 0 Å². The molecule has 0 saturated heterocycles. The van der Waals surface area contributed by atoms with Gasteiger partial charge in [-0.1, -0.05) is 56.3 Å². The fourth-order valence-electron chi connectivity index (χ4n) is 3.52. The second kappa shape index (κ2) is 8.47. The Bertz CT molecular complexity index is 938. The van der Waals surface area contributed by atoms with E-state index in [0.29, 0.717) is 12.1 Å². The minimum atomic E-state index is -0.762. The van der Waals surface area contributed by atoms with Crippen LogP contribution in [0.5, 0.6) is 0 Å². The molecule has 1 unspecified atom stereocenters. The van der Waals surface area contributed by atoms with Crippen LogP contribution < -0.4 is 15.8 Å². The van der Waals surface area contributed by atoms with Crippen molar-refractivity contribution in [3.63, 3.8) is 0 Å². The predicted octanol–water partition coefficient (Wildman–Crippen LogP) is 3.39. The van der Waals surface area contributed by atoms with Gasteiger partial charge in [-0.15, -0.1) is 0 Å². The Labute approximate surface area is 171 Å². The molecule has 0 aromatic heterocycles. The summed E-state index contributed by atoms with van der Waals surface area (Å²) >= 11 is 0. The summed E-state index contributed by atoms with van der Waals surface area (Å²) < 4.78 is 0. The molecule has 2 aromatic rings. The summed E-state index contributed by atoms with van der Waals surface area (Å²) in [7, 11) is 0. The molecule has 0 bridgehead atoms. The van der Waals surface area contributed by atoms with E-state index in [-0.39, 0.29) is 17.7 Å². The molecule has 2 atom stereocenters. The van der Waals surface area contributed by atoms with Crippen LogP contribution in [-0.2, 0) is 14.4 Å². The summed E-state index contributed by atoms with van der Waals surface area (Å²) in [6.07, 6.45) is 0.343. The van der Waals surface area contributed by atoms with E-state index in [2.05, 4.69) is 10.7 Å². The van der Waals surface area contributed by atoms with E-state index in [0.717, 1.165) is 16.7 Å². The normalized spacial score (nSPS) is 16.5. The maximum atomic E-state index is 13.2. The molecule has 3 amide bonds. The molecular weight excluding hydrogens is 366 g/mol. The number of nitrogens with zero attached hydrogens (tertiary/aromatic N) is 1. The molecule has 1 aliphatic rings. The first-order valence-electron chi connectivity index (χ1n) is 9.91. The highest BCUT2D eigenvalue weighted by Gasteiger charge is 2.33. The largest absolute Gasteiger partial charge is 0.345 e. The number of carbonyl (C=O) groups excluding carboxylic acids is 3. The lowest BCUT2D eigenvalue weighted by Crippen LogP contribution is -2.54. The fraction of sp³-hybridized carbons (Fsp3) is 0.348. The second-order valence-electron chi connectivity index (χ2n) is 7.86. The van der Waals surface area contributed by atoms with E-state index < -0.39 is 17.9 Å². The first-order valence-corrected chi connectivity index (χ1v) is 9.91. The summed E-state index contributed by atoms with van der Waals surface area (Å²) in [4.78, 5) is 38.0. The minimum absolute atomic E-state index is 0.189. The van der Waals surface area contributed by atoms with Crippen LogP contribution in [0, 0.1) is 5.92 Å². The quantitative estimate of drug-likeness (QED) is 0.817. The average Bonchev–Trinajstić information content (AvgIpc) is 2.77. The molecule has 0 saturated carbocycles. The van der Waals surface area contributed by atoms with Gasteiger partial charge in [-0.3, -0.25) is 19.8 Å². The molecule has 0 aliphatic carbocycles. The van der Waals surface area contributed by atoms with Crippen molar-refractivity contribution < 1.29 is 14.4 Å². The Kier molecular flexibility index (Phi) is 6.01. The Morgan fingerprint density at radius 3 is 2.31 bits per heavy atom. The van der Waals surface area contributed by atoms with Crippen molar-refractivity contribution in [1.82, 2.24) is 10.7 Å². The second-order valence-corrected chi connectivity index (χ2v) is 7.86. The monoisotopic (exact) mass is 393 g/mol. The van der Waals surface area contributed by atoms with E-state index in [1.807, 2.05) is 69.3 Å². The zero-order valence-electron chi connectivity index (χ0n) is 17.2. The number of nitrogens with one attached hydrogen (secondary N) is 2. The van der Waals surface area contributed by atoms with Gasteiger partial charge >= 0.3 is 0 Å². The standard InChI is InChI=1S/C23H27N3O3/c1-14(2)13-21(27)24-16(4)22(28)25-26-20-12-8-7-11-19(20)18-10-6-5-9-17(18)15(3)23(26)29/h5-12,14-16H,13H2,1-4H3,(H,24,27)(H,25,28)/t15?,16-/m0/s1. The molecule has 152 valence electrons. The molecule has 0 spiro atoms. The number of rotatable bonds is 5. The molecule has 29 heavy (non-hydrogen) atoms. The van der Waals surface area contributed by atoms with Gasteiger partial charge in [0.2, 0.25) is 5.91 Å². The van der Waals surface area contributed by atoms with Crippen molar-refractivity contribution in [2.45, 2.75) is 46.1 Å². The number of hydrogen-bond donors (Lipinski definition) is 2. The number of amides is 3. The molecule has 6 nitrogen and oxygen atoms in total. The van der Waals surface area contributed by atoms with Gasteiger partial charge in [0.25, 0.3) is 11.8 Å². The third-order valence-corrected chi connectivity index (χ3v) is 5.04. The summed E-state index contributed by atoms with van der Waals surface area (Å²) in [6.45, 7) is 7.33. The van der Waals surface area contributed by atoms with Crippen LogP contribution in [0.2, 0.25) is 0 Å². The third-order valence-electron chi connectivity index (χ3n) is 5.04. The number of carbonyl (C=O) groups is 3. The van der Waals surface area contributed by atoms with Gasteiger partial charge in [0.05, 0.1) is 11.6 Å². The average molecular weight is 393 g/mol. The fourth-order valence-corrected chi connectivity index (χ4v) is 3.52. The van der Waals surface area contributed by atoms with E-state index in [1.165, 1.54) is 5.01 Å². The SMILES string of the molecule is CC(C)CC(=O)N[C@@H](C)C(=O)NN1C(=O)C(C)c2ccccc2-c2ccccc21. The molecular formula is C23H27N3O3. The van der Waals surface area contributed by atoms with Crippen LogP contribution in [0.15, 0.2) is 48.5 Å². The highest BCUT2D eigenvalue weighted by molar-refractivity contribution is 6.06. The number of hydrazine groups is 1. The van der Waals surface area contributed by atoms with Crippen LogP contribution in [0.25, 0.3) is 11.1 Å². The van der Waals surface area contributed by atoms with E-state index in [9.17, 15) is 14.4 Å². The van der Waals surface area contributed by atoms with Crippen molar-refractivity contribution in [2.75, 3.05) is 5.01 Å². The maximum Gasteiger partial charge on any atom is 0.261 e. The molecule has 3 rings (SSSR count). The smallest absolute Gasteiger partial charge is 0.261 e. The summed E-state index contributed by atoms with van der Waals surface area (Å²) in [6, 6.07) is 14.5. The van der Waals surface area contributed by atoms with Crippen LogP contribution in [0.4, 0.5) is 5.69 Å². The number of anilines is 1. The van der Waals surface area contributed by atoms with Crippen LogP contribution in [0.3, 0.4) is 0 Å². The molecule has 1 aliphatic heterocycles.